The molecular formula is C41H31Cl2F3N4O6. The summed E-state index contributed by atoms with van der Waals surface area (Å²) >= 11 is 12.6. The quantitative estimate of drug-likeness (QED) is 0.142. The zero-order chi connectivity index (χ0) is 39.8. The van der Waals surface area contributed by atoms with Crippen molar-refractivity contribution in [3.8, 4) is 11.5 Å². The Bertz CT molecular complexity index is 2370. The highest BCUT2D eigenvalue weighted by Gasteiger charge is 2.70. The van der Waals surface area contributed by atoms with Crippen LogP contribution in [0.2, 0.25) is 10.0 Å². The number of imide groups is 2. The maximum absolute atomic E-state index is 15.4. The van der Waals surface area contributed by atoms with Gasteiger partial charge in [-0.15, -0.1) is 0 Å². The van der Waals surface area contributed by atoms with E-state index in [1.165, 1.54) is 24.1 Å². The number of amides is 4. The van der Waals surface area contributed by atoms with E-state index in [0.717, 1.165) is 5.56 Å². The number of nitrogens with one attached hydrogen (secondary N) is 1. The number of aromatic nitrogens is 1. The highest BCUT2D eigenvalue weighted by molar-refractivity contribution is 6.33. The third-order valence-electron chi connectivity index (χ3n) is 11.5. The van der Waals surface area contributed by atoms with Crippen LogP contribution >= 0.6 is 23.2 Å². The number of carbonyl (C=O) groups excluding carboxylic acids is 4. The van der Waals surface area contributed by atoms with Crippen LogP contribution < -0.4 is 15.1 Å². The van der Waals surface area contributed by atoms with Gasteiger partial charge in [0.25, 0.3) is 11.8 Å². The van der Waals surface area contributed by atoms with Crippen molar-refractivity contribution in [1.29, 1.82) is 0 Å². The van der Waals surface area contributed by atoms with E-state index in [0.29, 0.717) is 44.7 Å². The number of methoxy groups -OCH3 is 1. The van der Waals surface area contributed by atoms with Gasteiger partial charge in [-0.25, -0.2) is 4.98 Å². The third-order valence-corrected chi connectivity index (χ3v) is 12.0. The van der Waals surface area contributed by atoms with Crippen molar-refractivity contribution in [2.75, 3.05) is 17.4 Å². The van der Waals surface area contributed by atoms with Gasteiger partial charge in [-0.05, 0) is 66.3 Å². The van der Waals surface area contributed by atoms with Gasteiger partial charge in [0.05, 0.1) is 46.6 Å². The van der Waals surface area contributed by atoms with Gasteiger partial charge < -0.3 is 9.84 Å². The summed E-state index contributed by atoms with van der Waals surface area (Å²) in [4.78, 5) is 63.9. The monoisotopic (exact) mass is 802 g/mol. The van der Waals surface area contributed by atoms with Gasteiger partial charge in [0.15, 0.2) is 5.82 Å². The highest BCUT2D eigenvalue weighted by Crippen LogP contribution is 2.65. The summed E-state index contributed by atoms with van der Waals surface area (Å²) in [5.74, 6) is -7.39. The van der Waals surface area contributed by atoms with Crippen LogP contribution in [-0.2, 0) is 30.8 Å². The van der Waals surface area contributed by atoms with E-state index in [2.05, 4.69) is 17.0 Å². The Labute approximate surface area is 328 Å². The van der Waals surface area contributed by atoms with Gasteiger partial charge in [0.2, 0.25) is 11.8 Å². The lowest BCUT2D eigenvalue weighted by Gasteiger charge is -2.50. The van der Waals surface area contributed by atoms with Crippen molar-refractivity contribution in [2.45, 2.75) is 30.4 Å². The minimum Gasteiger partial charge on any atom is -0.508 e. The van der Waals surface area contributed by atoms with Crippen molar-refractivity contribution in [3.63, 3.8) is 0 Å². The molecule has 10 nitrogen and oxygen atoms in total. The zero-order valence-corrected chi connectivity index (χ0v) is 30.9. The van der Waals surface area contributed by atoms with Gasteiger partial charge in [0.1, 0.15) is 11.5 Å². The number of hydrazine groups is 1. The van der Waals surface area contributed by atoms with Crippen molar-refractivity contribution in [1.82, 2.24) is 9.99 Å². The molecule has 4 amide bonds. The molecule has 1 aromatic heterocycles. The summed E-state index contributed by atoms with van der Waals surface area (Å²) in [5.41, 5.74) is 2.26. The standard InChI is InChI=1S/C41H31Cl2F3N4O6/c1-3-20-4-10-24(11-5-20)49-36(52)28-15-14-26-29(33(28)38(49)54)18-30-37(53)50(48-35-31(43)16-22(19-47-35)41(44,45)46)39(55)40(30,21-6-8-23(42)9-7-21)34(26)27-13-12-25(51)17-32(27)56-2/h3-14,16-17,19,28-30,33-34,51H,1,15,18H2,2H3,(H,47,48). The number of hydrogen-bond acceptors (Lipinski definition) is 8. The lowest BCUT2D eigenvalue weighted by Crippen LogP contribution is -2.53. The Morgan fingerprint density at radius 2 is 1.68 bits per heavy atom. The molecule has 8 rings (SSSR count). The van der Waals surface area contributed by atoms with Gasteiger partial charge in [0, 0.05) is 28.8 Å². The van der Waals surface area contributed by atoms with E-state index < -0.39 is 75.4 Å². The van der Waals surface area contributed by atoms with Crippen LogP contribution in [0.15, 0.2) is 97.2 Å². The molecule has 6 atom stereocenters. The Balaban J connectivity index is 1.32. The normalized spacial score (nSPS) is 25.8. The molecule has 3 heterocycles. The number of carbonyl (C=O) groups is 4. The molecule has 4 aromatic rings. The molecule has 0 radical (unpaired) electrons. The summed E-state index contributed by atoms with van der Waals surface area (Å²) in [6.45, 7) is 3.76. The van der Waals surface area contributed by atoms with Crippen LogP contribution in [0.25, 0.3) is 6.08 Å². The third kappa shape index (κ3) is 5.58. The van der Waals surface area contributed by atoms with Gasteiger partial charge >= 0.3 is 6.18 Å². The molecule has 0 spiro atoms. The molecular weight excluding hydrogens is 772 g/mol. The fraction of sp³-hybridized carbons (Fsp3) is 0.244. The second kappa shape index (κ2) is 13.5. The predicted molar refractivity (Wildman–Crippen MR) is 201 cm³/mol. The van der Waals surface area contributed by atoms with E-state index in [9.17, 15) is 32.7 Å². The number of phenols is 1. The van der Waals surface area contributed by atoms with E-state index >= 15 is 4.79 Å². The number of allylic oxidation sites excluding steroid dienone is 2. The molecule has 3 aromatic carbocycles. The highest BCUT2D eigenvalue weighted by atomic mass is 35.5. The Morgan fingerprint density at radius 3 is 2.32 bits per heavy atom. The maximum Gasteiger partial charge on any atom is 0.417 e. The molecule has 2 aliphatic carbocycles. The predicted octanol–water partition coefficient (Wildman–Crippen LogP) is 7.95. The molecule has 0 bridgehead atoms. The molecule has 6 unspecified atom stereocenters. The number of alkyl halides is 3. The average Bonchev–Trinajstić information content (AvgIpc) is 3.56. The number of fused-ring (bicyclic) bond motifs is 4. The SMILES string of the molecule is C=Cc1ccc(N2C(=O)C3CC=C4C(CC5C(=O)N(Nc6ncc(C(F)(F)F)cc6Cl)C(=O)C5(c5ccc(Cl)cc5)C4c4ccc(O)cc4OC)C3C2=O)cc1. The number of nitrogens with zero attached hydrogens (tertiary/aromatic N) is 3. The Hall–Kier alpha value is -5.66. The first-order valence-electron chi connectivity index (χ1n) is 17.5. The van der Waals surface area contributed by atoms with Crippen LogP contribution in [0.1, 0.15) is 41.0 Å². The Morgan fingerprint density at radius 1 is 0.964 bits per heavy atom. The summed E-state index contributed by atoms with van der Waals surface area (Å²) in [7, 11) is 1.39. The van der Waals surface area contributed by atoms with Crippen LogP contribution in [0, 0.1) is 23.7 Å². The van der Waals surface area contributed by atoms with Crippen molar-refractivity contribution in [2.24, 2.45) is 23.7 Å². The summed E-state index contributed by atoms with van der Waals surface area (Å²) in [6.07, 6.45) is -0.649. The van der Waals surface area contributed by atoms with Crippen LogP contribution in [0.5, 0.6) is 11.5 Å². The fourth-order valence-electron chi connectivity index (χ4n) is 9.08. The topological polar surface area (TPSA) is 129 Å². The van der Waals surface area contributed by atoms with Crippen molar-refractivity contribution in [3.05, 3.63) is 130 Å². The fourth-order valence-corrected chi connectivity index (χ4v) is 9.41. The number of aromatic hydroxyl groups is 1. The molecule has 1 saturated carbocycles. The first-order chi connectivity index (χ1) is 26.7. The molecule has 15 heteroatoms. The minimum absolute atomic E-state index is 0.0638. The molecule has 56 heavy (non-hydrogen) atoms. The number of phenolic OH excluding ortho intramolecular Hbond substituents is 1. The van der Waals surface area contributed by atoms with Crippen LogP contribution in [0.4, 0.5) is 24.7 Å². The minimum atomic E-state index is -4.76. The second-order valence-electron chi connectivity index (χ2n) is 14.2. The van der Waals surface area contributed by atoms with Crippen LogP contribution in [0.3, 0.4) is 0 Å². The first kappa shape index (κ1) is 37.3. The number of rotatable bonds is 7. The lowest BCUT2D eigenvalue weighted by atomic mass is 9.49. The Kier molecular flexibility index (Phi) is 9.00. The number of pyridine rings is 1. The summed E-state index contributed by atoms with van der Waals surface area (Å²) in [6, 6.07) is 18.2. The van der Waals surface area contributed by atoms with Gasteiger partial charge in [-0.1, -0.05) is 77.8 Å². The smallest absolute Gasteiger partial charge is 0.417 e. The number of ether oxygens (including phenoxy) is 1. The molecule has 286 valence electrons. The van der Waals surface area contributed by atoms with E-state index in [4.69, 9.17) is 27.9 Å². The number of hydrogen-bond donors (Lipinski definition) is 2. The zero-order valence-electron chi connectivity index (χ0n) is 29.4. The molecule has 3 fully saturated rings. The van der Waals surface area contributed by atoms with Gasteiger partial charge in [-0.3, -0.25) is 29.5 Å². The van der Waals surface area contributed by atoms with E-state index in [-0.39, 0.29) is 30.2 Å². The molecule has 2 aliphatic heterocycles. The van der Waals surface area contributed by atoms with E-state index in [1.54, 1.807) is 60.7 Å². The molecule has 4 aliphatic rings. The largest absolute Gasteiger partial charge is 0.508 e. The molecule has 2 saturated heterocycles. The summed E-state index contributed by atoms with van der Waals surface area (Å²) < 4.78 is 46.3. The maximum atomic E-state index is 15.4. The lowest BCUT2D eigenvalue weighted by molar-refractivity contribution is -0.139. The number of benzene rings is 3. The molecule has 2 N–H and O–H groups in total. The number of anilines is 2. The average molecular weight is 804 g/mol. The first-order valence-corrected chi connectivity index (χ1v) is 18.3. The second-order valence-corrected chi connectivity index (χ2v) is 15.0. The van der Waals surface area contributed by atoms with Gasteiger partial charge in [-0.2, -0.15) is 18.2 Å². The summed E-state index contributed by atoms with van der Waals surface area (Å²) in [5, 5.41) is 11.1. The number of halogens is 5. The van der Waals surface area contributed by atoms with E-state index in [1.807, 2.05) is 6.08 Å². The van der Waals surface area contributed by atoms with Crippen molar-refractivity contribution >= 4 is 64.4 Å². The van der Waals surface area contributed by atoms with Crippen LogP contribution in [-0.4, -0.2) is 45.8 Å². The van der Waals surface area contributed by atoms with Crippen molar-refractivity contribution < 1.29 is 42.2 Å².